The third-order valence-corrected chi connectivity index (χ3v) is 1.91. The predicted octanol–water partition coefficient (Wildman–Crippen LogP) is 2.83. The van der Waals surface area contributed by atoms with Gasteiger partial charge in [0.05, 0.1) is 0 Å². The lowest BCUT2D eigenvalue weighted by Gasteiger charge is -2.09. The molecule has 1 aromatic carbocycles. The smallest absolute Gasteiger partial charge is 0.387 e. The van der Waals surface area contributed by atoms with Gasteiger partial charge in [-0.25, -0.2) is 9.18 Å². The molecule has 0 radical (unpaired) electrons. The Morgan fingerprint density at radius 1 is 1.47 bits per heavy atom. The van der Waals surface area contributed by atoms with Crippen molar-refractivity contribution in [2.45, 2.75) is 13.5 Å². The summed E-state index contributed by atoms with van der Waals surface area (Å²) in [4.78, 5) is 10.3. The quantitative estimate of drug-likeness (QED) is 0.831. The summed E-state index contributed by atoms with van der Waals surface area (Å²) in [6.07, 6.45) is 1.82. The number of halogens is 3. The molecule has 0 heterocycles. The molecule has 0 spiro atoms. The van der Waals surface area contributed by atoms with E-state index in [0.29, 0.717) is 0 Å². The molecule has 0 unspecified atom stereocenters. The van der Waals surface area contributed by atoms with Crippen LogP contribution in [0.5, 0.6) is 5.75 Å². The van der Waals surface area contributed by atoms with Gasteiger partial charge in [0.2, 0.25) is 0 Å². The number of carbonyl (C=O) groups is 1. The summed E-state index contributed by atoms with van der Waals surface area (Å²) in [6, 6.07) is 2.02. The lowest BCUT2D eigenvalue weighted by molar-refractivity contribution is -0.131. The molecule has 0 fully saturated rings. The van der Waals surface area contributed by atoms with Gasteiger partial charge in [-0.15, -0.1) is 0 Å². The maximum absolute atomic E-state index is 13.1. The van der Waals surface area contributed by atoms with Crippen molar-refractivity contribution in [2.24, 2.45) is 0 Å². The third-order valence-electron chi connectivity index (χ3n) is 1.91. The Morgan fingerprint density at radius 2 is 2.12 bits per heavy atom. The fourth-order valence-corrected chi connectivity index (χ4v) is 1.17. The summed E-state index contributed by atoms with van der Waals surface area (Å²) in [7, 11) is 0. The standard InChI is InChI=1S/C11H9F3O3/c1-6-4-7(2-3-10(15)16)9(5-8(6)12)17-11(13)14/h2-5,11H,1H3,(H,15,16)/b3-2+. The molecule has 0 amide bonds. The zero-order chi connectivity index (χ0) is 13.0. The summed E-state index contributed by atoms with van der Waals surface area (Å²) in [5.41, 5.74) is 0.281. The SMILES string of the molecule is Cc1cc(/C=C/C(=O)O)c(OC(F)F)cc1F. The molecular weight excluding hydrogens is 237 g/mol. The first-order chi connectivity index (χ1) is 7.90. The van der Waals surface area contributed by atoms with E-state index in [9.17, 15) is 18.0 Å². The van der Waals surface area contributed by atoms with E-state index in [2.05, 4.69) is 4.74 Å². The first kappa shape index (κ1) is 13.1. The molecule has 0 bridgehead atoms. The highest BCUT2D eigenvalue weighted by Gasteiger charge is 2.11. The average molecular weight is 246 g/mol. The van der Waals surface area contributed by atoms with Crippen LogP contribution >= 0.6 is 0 Å². The number of carboxylic acids is 1. The van der Waals surface area contributed by atoms with Crippen LogP contribution in [-0.4, -0.2) is 17.7 Å². The molecule has 0 aliphatic carbocycles. The van der Waals surface area contributed by atoms with Gasteiger partial charge in [-0.2, -0.15) is 8.78 Å². The minimum atomic E-state index is -3.10. The number of aryl methyl sites for hydroxylation is 1. The zero-order valence-electron chi connectivity index (χ0n) is 8.78. The van der Waals surface area contributed by atoms with Gasteiger partial charge in [0, 0.05) is 17.7 Å². The number of alkyl halides is 2. The van der Waals surface area contributed by atoms with Crippen LogP contribution in [0.4, 0.5) is 13.2 Å². The Balaban J connectivity index is 3.15. The van der Waals surface area contributed by atoms with E-state index in [-0.39, 0.29) is 11.1 Å². The number of ether oxygens (including phenoxy) is 1. The lowest BCUT2D eigenvalue weighted by Crippen LogP contribution is -2.04. The molecule has 0 aliphatic rings. The van der Waals surface area contributed by atoms with E-state index in [0.717, 1.165) is 18.2 Å². The van der Waals surface area contributed by atoms with Gasteiger partial charge in [-0.05, 0) is 24.6 Å². The van der Waals surface area contributed by atoms with Gasteiger partial charge in [0.1, 0.15) is 11.6 Å². The van der Waals surface area contributed by atoms with E-state index in [1.54, 1.807) is 0 Å². The Labute approximate surface area is 95.1 Å². The Bertz CT molecular complexity index is 456. The number of hydrogen-bond donors (Lipinski definition) is 1. The molecule has 1 rings (SSSR count). The zero-order valence-corrected chi connectivity index (χ0v) is 8.78. The van der Waals surface area contributed by atoms with Crippen LogP contribution in [0.25, 0.3) is 6.08 Å². The third kappa shape index (κ3) is 3.82. The van der Waals surface area contributed by atoms with Crippen molar-refractivity contribution < 1.29 is 27.8 Å². The van der Waals surface area contributed by atoms with Crippen LogP contribution in [-0.2, 0) is 4.79 Å². The van der Waals surface area contributed by atoms with Gasteiger partial charge < -0.3 is 9.84 Å². The summed E-state index contributed by atoms with van der Waals surface area (Å²) < 4.78 is 41.3. The van der Waals surface area contributed by atoms with E-state index in [1.165, 1.54) is 13.0 Å². The molecular formula is C11H9F3O3. The van der Waals surface area contributed by atoms with E-state index >= 15 is 0 Å². The topological polar surface area (TPSA) is 46.5 Å². The van der Waals surface area contributed by atoms with Gasteiger partial charge in [-0.1, -0.05) is 0 Å². The van der Waals surface area contributed by atoms with Gasteiger partial charge in [0.15, 0.2) is 0 Å². The van der Waals surface area contributed by atoms with Crippen LogP contribution in [0, 0.1) is 12.7 Å². The Morgan fingerprint density at radius 3 is 2.65 bits per heavy atom. The molecule has 0 aliphatic heterocycles. The second-order valence-electron chi connectivity index (χ2n) is 3.19. The minimum absolute atomic E-state index is 0.0756. The summed E-state index contributed by atoms with van der Waals surface area (Å²) >= 11 is 0. The van der Waals surface area contributed by atoms with Crippen molar-refractivity contribution >= 4 is 12.0 Å². The highest BCUT2D eigenvalue weighted by atomic mass is 19.3. The molecule has 0 saturated heterocycles. The molecule has 6 heteroatoms. The first-order valence-electron chi connectivity index (χ1n) is 4.56. The van der Waals surface area contributed by atoms with Gasteiger partial charge >= 0.3 is 12.6 Å². The monoisotopic (exact) mass is 246 g/mol. The summed E-state index contributed by atoms with van der Waals surface area (Å²) in [5, 5.41) is 8.42. The van der Waals surface area contributed by atoms with Crippen molar-refractivity contribution in [3.8, 4) is 5.75 Å². The number of hydrogen-bond acceptors (Lipinski definition) is 2. The number of aliphatic carboxylic acids is 1. The number of benzene rings is 1. The van der Waals surface area contributed by atoms with Crippen LogP contribution in [0.3, 0.4) is 0 Å². The molecule has 0 saturated carbocycles. The highest BCUT2D eigenvalue weighted by molar-refractivity contribution is 5.86. The second kappa shape index (κ2) is 5.38. The normalized spacial score (nSPS) is 11.1. The van der Waals surface area contributed by atoms with Crippen LogP contribution in [0.2, 0.25) is 0 Å². The maximum atomic E-state index is 13.1. The fourth-order valence-electron chi connectivity index (χ4n) is 1.17. The fraction of sp³-hybridized carbons (Fsp3) is 0.182. The molecule has 0 aromatic heterocycles. The van der Waals surface area contributed by atoms with Crippen molar-refractivity contribution in [3.05, 3.63) is 35.2 Å². The summed E-state index contributed by atoms with van der Waals surface area (Å²) in [5.74, 6) is -2.34. The van der Waals surface area contributed by atoms with Gasteiger partial charge in [-0.3, -0.25) is 0 Å². The van der Waals surface area contributed by atoms with Crippen LogP contribution < -0.4 is 4.74 Å². The molecule has 1 N–H and O–H groups in total. The molecule has 0 atom stereocenters. The van der Waals surface area contributed by atoms with E-state index in [1.807, 2.05) is 0 Å². The van der Waals surface area contributed by atoms with E-state index < -0.39 is 24.1 Å². The van der Waals surface area contributed by atoms with Crippen LogP contribution in [0.15, 0.2) is 18.2 Å². The largest absolute Gasteiger partial charge is 0.478 e. The summed E-state index contributed by atoms with van der Waals surface area (Å²) in [6.45, 7) is -1.67. The second-order valence-corrected chi connectivity index (χ2v) is 3.19. The molecule has 17 heavy (non-hydrogen) atoms. The number of rotatable bonds is 4. The lowest BCUT2D eigenvalue weighted by atomic mass is 10.1. The number of carboxylic acid groups (broad SMARTS) is 1. The molecule has 92 valence electrons. The first-order valence-corrected chi connectivity index (χ1v) is 4.56. The van der Waals surface area contributed by atoms with Crippen molar-refractivity contribution in [1.82, 2.24) is 0 Å². The van der Waals surface area contributed by atoms with Gasteiger partial charge in [0.25, 0.3) is 0 Å². The van der Waals surface area contributed by atoms with E-state index in [4.69, 9.17) is 5.11 Å². The Kier molecular flexibility index (Phi) is 4.14. The molecule has 3 nitrogen and oxygen atoms in total. The predicted molar refractivity (Wildman–Crippen MR) is 54.4 cm³/mol. The highest BCUT2D eigenvalue weighted by Crippen LogP contribution is 2.25. The minimum Gasteiger partial charge on any atom is -0.478 e. The Hall–Kier alpha value is -1.98. The average Bonchev–Trinajstić information content (AvgIpc) is 2.20. The molecule has 1 aromatic rings. The van der Waals surface area contributed by atoms with Crippen molar-refractivity contribution in [2.75, 3.05) is 0 Å². The van der Waals surface area contributed by atoms with Crippen molar-refractivity contribution in [1.29, 1.82) is 0 Å². The van der Waals surface area contributed by atoms with Crippen molar-refractivity contribution in [3.63, 3.8) is 0 Å². The maximum Gasteiger partial charge on any atom is 0.387 e. The van der Waals surface area contributed by atoms with Crippen LogP contribution in [0.1, 0.15) is 11.1 Å².